The van der Waals surface area contributed by atoms with Crippen LogP contribution < -0.4 is 10.6 Å². The summed E-state index contributed by atoms with van der Waals surface area (Å²) in [5, 5.41) is 15.6. The highest BCUT2D eigenvalue weighted by atomic mass is 16.3. The second kappa shape index (κ2) is 5.51. The molecule has 0 saturated carbocycles. The third kappa shape index (κ3) is 2.73. The Morgan fingerprint density at radius 2 is 2.42 bits per heavy atom. The molecule has 1 rings (SSSR count). The van der Waals surface area contributed by atoms with Crippen molar-refractivity contribution >= 4 is 0 Å². The first-order chi connectivity index (χ1) is 5.88. The average molecular weight is 172 g/mol. The molecule has 12 heavy (non-hydrogen) atoms. The van der Waals surface area contributed by atoms with E-state index in [0.29, 0.717) is 12.1 Å². The van der Waals surface area contributed by atoms with Gasteiger partial charge in [0.15, 0.2) is 0 Å². The van der Waals surface area contributed by atoms with E-state index in [0.717, 1.165) is 13.0 Å². The van der Waals surface area contributed by atoms with Crippen molar-refractivity contribution in [2.24, 2.45) is 0 Å². The SMILES string of the molecule is CNC(CCO)C1CCCCN1. The van der Waals surface area contributed by atoms with Crippen LogP contribution in [0.25, 0.3) is 0 Å². The fourth-order valence-corrected chi connectivity index (χ4v) is 1.91. The summed E-state index contributed by atoms with van der Waals surface area (Å²) in [7, 11) is 1.97. The molecule has 3 nitrogen and oxygen atoms in total. The number of piperidine rings is 1. The quantitative estimate of drug-likeness (QED) is 0.563. The normalized spacial score (nSPS) is 27.0. The maximum atomic E-state index is 8.83. The lowest BCUT2D eigenvalue weighted by Gasteiger charge is -2.30. The number of rotatable bonds is 4. The predicted molar refractivity (Wildman–Crippen MR) is 50.2 cm³/mol. The minimum Gasteiger partial charge on any atom is -0.396 e. The molecule has 2 unspecified atom stereocenters. The molecule has 0 aromatic heterocycles. The van der Waals surface area contributed by atoms with Gasteiger partial charge in [0.2, 0.25) is 0 Å². The Morgan fingerprint density at radius 1 is 1.58 bits per heavy atom. The van der Waals surface area contributed by atoms with E-state index in [2.05, 4.69) is 10.6 Å². The van der Waals surface area contributed by atoms with Crippen molar-refractivity contribution in [3.63, 3.8) is 0 Å². The first kappa shape index (κ1) is 9.96. The lowest BCUT2D eigenvalue weighted by Crippen LogP contribution is -2.49. The summed E-state index contributed by atoms with van der Waals surface area (Å²) < 4.78 is 0. The first-order valence-electron chi connectivity index (χ1n) is 4.90. The Hall–Kier alpha value is -0.120. The van der Waals surface area contributed by atoms with Gasteiger partial charge in [0, 0.05) is 18.7 Å². The van der Waals surface area contributed by atoms with E-state index in [1.54, 1.807) is 0 Å². The van der Waals surface area contributed by atoms with Gasteiger partial charge in [-0.2, -0.15) is 0 Å². The number of hydrogen-bond donors (Lipinski definition) is 3. The molecule has 1 aliphatic heterocycles. The first-order valence-corrected chi connectivity index (χ1v) is 4.90. The minimum atomic E-state index is 0.281. The largest absolute Gasteiger partial charge is 0.396 e. The van der Waals surface area contributed by atoms with E-state index >= 15 is 0 Å². The molecular weight excluding hydrogens is 152 g/mol. The summed E-state index contributed by atoms with van der Waals surface area (Å²) in [6.07, 6.45) is 4.72. The van der Waals surface area contributed by atoms with Crippen molar-refractivity contribution in [1.29, 1.82) is 0 Å². The lowest BCUT2D eigenvalue weighted by atomic mass is 9.96. The Labute approximate surface area is 74.5 Å². The fourth-order valence-electron chi connectivity index (χ4n) is 1.91. The number of nitrogens with one attached hydrogen (secondary N) is 2. The van der Waals surface area contributed by atoms with Gasteiger partial charge in [0.25, 0.3) is 0 Å². The minimum absolute atomic E-state index is 0.281. The van der Waals surface area contributed by atoms with Crippen molar-refractivity contribution in [1.82, 2.24) is 10.6 Å². The van der Waals surface area contributed by atoms with Gasteiger partial charge in [-0.3, -0.25) is 0 Å². The van der Waals surface area contributed by atoms with E-state index in [1.165, 1.54) is 19.3 Å². The summed E-state index contributed by atoms with van der Waals surface area (Å²) in [5.41, 5.74) is 0. The molecule has 72 valence electrons. The second-order valence-corrected chi connectivity index (χ2v) is 3.46. The van der Waals surface area contributed by atoms with Crippen molar-refractivity contribution in [2.45, 2.75) is 37.8 Å². The molecule has 2 atom stereocenters. The molecule has 1 saturated heterocycles. The molecule has 0 spiro atoms. The van der Waals surface area contributed by atoms with Crippen LogP contribution in [-0.2, 0) is 0 Å². The Morgan fingerprint density at radius 3 is 2.92 bits per heavy atom. The van der Waals surface area contributed by atoms with Crippen LogP contribution in [0.5, 0.6) is 0 Å². The van der Waals surface area contributed by atoms with Gasteiger partial charge < -0.3 is 15.7 Å². The van der Waals surface area contributed by atoms with E-state index in [-0.39, 0.29) is 6.61 Å². The van der Waals surface area contributed by atoms with Crippen LogP contribution in [-0.4, -0.2) is 37.4 Å². The number of aliphatic hydroxyl groups excluding tert-OH is 1. The van der Waals surface area contributed by atoms with Crippen LogP contribution in [0.15, 0.2) is 0 Å². The van der Waals surface area contributed by atoms with Gasteiger partial charge in [-0.05, 0) is 32.9 Å². The van der Waals surface area contributed by atoms with Crippen LogP contribution in [0.2, 0.25) is 0 Å². The summed E-state index contributed by atoms with van der Waals surface area (Å²) in [6.45, 7) is 1.41. The number of likely N-dealkylation sites (N-methyl/N-ethyl adjacent to an activating group) is 1. The Bertz CT molecular complexity index is 110. The Kier molecular flexibility index (Phi) is 4.58. The molecule has 0 aromatic carbocycles. The summed E-state index contributed by atoms with van der Waals surface area (Å²) >= 11 is 0. The molecular formula is C9H20N2O. The van der Waals surface area contributed by atoms with Crippen molar-refractivity contribution in [3.05, 3.63) is 0 Å². The molecule has 0 amide bonds. The van der Waals surface area contributed by atoms with Gasteiger partial charge in [-0.25, -0.2) is 0 Å². The highest BCUT2D eigenvalue weighted by Crippen LogP contribution is 2.11. The monoisotopic (exact) mass is 172 g/mol. The van der Waals surface area contributed by atoms with Crippen LogP contribution in [0.3, 0.4) is 0 Å². The molecule has 0 bridgehead atoms. The third-order valence-corrected chi connectivity index (χ3v) is 2.65. The highest BCUT2D eigenvalue weighted by molar-refractivity contribution is 4.83. The molecule has 3 heteroatoms. The van der Waals surface area contributed by atoms with E-state index in [9.17, 15) is 0 Å². The molecule has 3 N–H and O–H groups in total. The maximum Gasteiger partial charge on any atom is 0.0446 e. The number of hydrogen-bond acceptors (Lipinski definition) is 3. The van der Waals surface area contributed by atoms with Gasteiger partial charge >= 0.3 is 0 Å². The zero-order chi connectivity index (χ0) is 8.81. The molecule has 0 aliphatic carbocycles. The predicted octanol–water partition coefficient (Wildman–Crippen LogP) is 0.0989. The summed E-state index contributed by atoms with van der Waals surface area (Å²) in [4.78, 5) is 0. The smallest absolute Gasteiger partial charge is 0.0446 e. The van der Waals surface area contributed by atoms with E-state index < -0.39 is 0 Å². The molecule has 1 aliphatic rings. The van der Waals surface area contributed by atoms with Gasteiger partial charge in [0.1, 0.15) is 0 Å². The fraction of sp³-hybridized carbons (Fsp3) is 1.00. The molecule has 0 aromatic rings. The van der Waals surface area contributed by atoms with Gasteiger partial charge in [-0.15, -0.1) is 0 Å². The zero-order valence-corrected chi connectivity index (χ0v) is 7.84. The molecule has 0 radical (unpaired) electrons. The maximum absolute atomic E-state index is 8.83. The van der Waals surface area contributed by atoms with Gasteiger partial charge in [0.05, 0.1) is 0 Å². The standard InChI is InChI=1S/C9H20N2O/c1-10-8(5-7-12)9-4-2-3-6-11-9/h8-12H,2-7H2,1H3. The van der Waals surface area contributed by atoms with Gasteiger partial charge in [-0.1, -0.05) is 6.42 Å². The summed E-state index contributed by atoms with van der Waals surface area (Å²) in [6, 6.07) is 1.01. The lowest BCUT2D eigenvalue weighted by molar-refractivity contribution is 0.234. The van der Waals surface area contributed by atoms with Crippen molar-refractivity contribution in [3.8, 4) is 0 Å². The van der Waals surface area contributed by atoms with Crippen molar-refractivity contribution in [2.75, 3.05) is 20.2 Å². The topological polar surface area (TPSA) is 44.3 Å². The second-order valence-electron chi connectivity index (χ2n) is 3.46. The van der Waals surface area contributed by atoms with E-state index in [1.807, 2.05) is 7.05 Å². The highest BCUT2D eigenvalue weighted by Gasteiger charge is 2.20. The summed E-state index contributed by atoms with van der Waals surface area (Å²) in [5.74, 6) is 0. The Balaban J connectivity index is 2.29. The van der Waals surface area contributed by atoms with Crippen LogP contribution in [0.1, 0.15) is 25.7 Å². The molecule has 1 fully saturated rings. The number of aliphatic hydroxyl groups is 1. The molecule has 1 heterocycles. The van der Waals surface area contributed by atoms with E-state index in [4.69, 9.17) is 5.11 Å². The van der Waals surface area contributed by atoms with Crippen LogP contribution >= 0.6 is 0 Å². The van der Waals surface area contributed by atoms with Crippen LogP contribution in [0.4, 0.5) is 0 Å². The average Bonchev–Trinajstić information content (AvgIpc) is 2.15. The van der Waals surface area contributed by atoms with Crippen molar-refractivity contribution < 1.29 is 5.11 Å². The zero-order valence-electron chi connectivity index (χ0n) is 7.84. The van der Waals surface area contributed by atoms with Crippen LogP contribution in [0, 0.1) is 0 Å². The third-order valence-electron chi connectivity index (χ3n) is 2.65.